The Morgan fingerprint density at radius 2 is 2.17 bits per heavy atom. The maximum absolute atomic E-state index is 11.7. The number of ether oxygens (including phenoxy) is 1. The van der Waals surface area contributed by atoms with Crippen molar-refractivity contribution in [2.45, 2.75) is 5.16 Å². The molecule has 8 heteroatoms. The summed E-state index contributed by atoms with van der Waals surface area (Å²) in [4.78, 5) is 12.5. The van der Waals surface area contributed by atoms with Crippen LogP contribution < -0.4 is 0 Å². The standard InChI is InChI=1S/C15H11N3O3S2/c19-13(11-5-3-7-20-11)21-8-9-22-14-16-17-15-18(14)10-4-1-2-6-12(10)23-15/h1-7H,8-9H2. The summed E-state index contributed by atoms with van der Waals surface area (Å²) in [5, 5.41) is 9.20. The maximum atomic E-state index is 11.7. The number of thioether (sulfide) groups is 1. The molecule has 0 aliphatic rings. The molecule has 0 N–H and O–H groups in total. The Kier molecular flexibility index (Phi) is 3.76. The first-order valence-electron chi connectivity index (χ1n) is 6.89. The molecule has 23 heavy (non-hydrogen) atoms. The van der Waals surface area contributed by atoms with Gasteiger partial charge in [-0.05, 0) is 24.3 Å². The first kappa shape index (κ1) is 14.3. The van der Waals surface area contributed by atoms with Crippen LogP contribution in [0, 0.1) is 0 Å². The van der Waals surface area contributed by atoms with Crippen molar-refractivity contribution in [3.8, 4) is 0 Å². The second-order valence-corrected chi connectivity index (χ2v) is 6.70. The molecule has 0 saturated heterocycles. The van der Waals surface area contributed by atoms with Crippen molar-refractivity contribution in [2.75, 3.05) is 12.4 Å². The molecule has 0 spiro atoms. The van der Waals surface area contributed by atoms with Gasteiger partial charge in [0, 0.05) is 5.75 Å². The molecule has 116 valence electrons. The highest BCUT2D eigenvalue weighted by Gasteiger charge is 2.13. The number of benzene rings is 1. The highest BCUT2D eigenvalue weighted by molar-refractivity contribution is 7.99. The van der Waals surface area contributed by atoms with Crippen LogP contribution in [-0.4, -0.2) is 32.9 Å². The molecule has 6 nitrogen and oxygen atoms in total. The smallest absolute Gasteiger partial charge is 0.374 e. The van der Waals surface area contributed by atoms with Gasteiger partial charge in [-0.3, -0.25) is 4.40 Å². The molecule has 0 bridgehead atoms. The van der Waals surface area contributed by atoms with Gasteiger partial charge in [0.05, 0.1) is 16.5 Å². The van der Waals surface area contributed by atoms with E-state index in [9.17, 15) is 4.79 Å². The van der Waals surface area contributed by atoms with E-state index < -0.39 is 5.97 Å². The van der Waals surface area contributed by atoms with E-state index in [4.69, 9.17) is 9.15 Å². The van der Waals surface area contributed by atoms with E-state index in [1.165, 1.54) is 22.7 Å². The average molecular weight is 345 g/mol. The number of rotatable bonds is 5. The number of carbonyl (C=O) groups is 1. The SMILES string of the molecule is O=C(OCCSc1nnc2sc3ccccc3n12)c1ccco1. The van der Waals surface area contributed by atoms with E-state index >= 15 is 0 Å². The molecule has 0 fully saturated rings. The van der Waals surface area contributed by atoms with Crippen LogP contribution in [0.15, 0.2) is 52.2 Å². The fraction of sp³-hybridized carbons (Fsp3) is 0.133. The zero-order valence-electron chi connectivity index (χ0n) is 11.8. The lowest BCUT2D eigenvalue weighted by atomic mass is 10.3. The van der Waals surface area contributed by atoms with Crippen LogP contribution in [0.5, 0.6) is 0 Å². The molecule has 1 aromatic carbocycles. The Labute approximate surface area is 139 Å². The molecule has 0 amide bonds. The van der Waals surface area contributed by atoms with Crippen molar-refractivity contribution in [1.29, 1.82) is 0 Å². The minimum atomic E-state index is -0.456. The molecule has 3 aromatic heterocycles. The Morgan fingerprint density at radius 1 is 1.26 bits per heavy atom. The number of hydrogen-bond acceptors (Lipinski definition) is 7. The van der Waals surface area contributed by atoms with E-state index in [2.05, 4.69) is 16.3 Å². The van der Waals surface area contributed by atoms with E-state index in [-0.39, 0.29) is 12.4 Å². The first-order chi connectivity index (χ1) is 11.3. The molecule has 0 aliphatic carbocycles. The number of nitrogens with zero attached hydrogens (tertiary/aromatic N) is 3. The number of carbonyl (C=O) groups excluding carboxylic acids is 1. The van der Waals surface area contributed by atoms with Gasteiger partial charge in [0.2, 0.25) is 10.7 Å². The predicted octanol–water partition coefficient (Wildman–Crippen LogP) is 3.49. The van der Waals surface area contributed by atoms with Gasteiger partial charge in [0.1, 0.15) is 6.61 Å². The van der Waals surface area contributed by atoms with Gasteiger partial charge in [-0.1, -0.05) is 35.2 Å². The first-order valence-corrected chi connectivity index (χ1v) is 8.69. The predicted molar refractivity (Wildman–Crippen MR) is 88.1 cm³/mol. The van der Waals surface area contributed by atoms with Crippen LogP contribution >= 0.6 is 23.1 Å². The third-order valence-electron chi connectivity index (χ3n) is 3.18. The van der Waals surface area contributed by atoms with Gasteiger partial charge in [-0.15, -0.1) is 10.2 Å². The van der Waals surface area contributed by atoms with Gasteiger partial charge in [-0.25, -0.2) is 4.79 Å². The Morgan fingerprint density at radius 3 is 3.04 bits per heavy atom. The van der Waals surface area contributed by atoms with E-state index in [0.717, 1.165) is 15.6 Å². The van der Waals surface area contributed by atoms with E-state index in [1.807, 2.05) is 22.6 Å². The largest absolute Gasteiger partial charge is 0.459 e. The highest BCUT2D eigenvalue weighted by Crippen LogP contribution is 2.29. The number of fused-ring (bicyclic) bond motifs is 3. The number of hydrogen-bond donors (Lipinski definition) is 0. The summed E-state index contributed by atoms with van der Waals surface area (Å²) >= 11 is 3.11. The summed E-state index contributed by atoms with van der Waals surface area (Å²) in [6.45, 7) is 0.279. The summed E-state index contributed by atoms with van der Waals surface area (Å²) in [5.74, 6) is 0.351. The van der Waals surface area contributed by atoms with E-state index in [1.54, 1.807) is 23.5 Å². The zero-order chi connectivity index (χ0) is 15.6. The molecule has 0 aliphatic heterocycles. The summed E-state index contributed by atoms with van der Waals surface area (Å²) in [6.07, 6.45) is 1.44. The fourth-order valence-electron chi connectivity index (χ4n) is 2.18. The molecular weight excluding hydrogens is 334 g/mol. The molecule has 4 aromatic rings. The van der Waals surface area contributed by atoms with Gasteiger partial charge in [0.25, 0.3) is 0 Å². The van der Waals surface area contributed by atoms with Gasteiger partial charge in [-0.2, -0.15) is 0 Å². The monoisotopic (exact) mass is 345 g/mol. The van der Waals surface area contributed by atoms with Crippen molar-refractivity contribution in [3.05, 3.63) is 48.4 Å². The second-order valence-electron chi connectivity index (χ2n) is 4.63. The van der Waals surface area contributed by atoms with Crippen molar-refractivity contribution < 1.29 is 13.9 Å². The summed E-state index contributed by atoms with van der Waals surface area (Å²) in [7, 11) is 0. The van der Waals surface area contributed by atoms with Crippen LogP contribution in [-0.2, 0) is 4.74 Å². The maximum Gasteiger partial charge on any atom is 0.374 e. The normalized spacial score (nSPS) is 11.3. The molecule has 0 unspecified atom stereocenters. The van der Waals surface area contributed by atoms with Crippen molar-refractivity contribution in [1.82, 2.24) is 14.6 Å². The Bertz CT molecular complexity index is 959. The van der Waals surface area contributed by atoms with Gasteiger partial charge >= 0.3 is 5.97 Å². The molecule has 4 rings (SSSR count). The van der Waals surface area contributed by atoms with Crippen LogP contribution in [0.2, 0.25) is 0 Å². The number of furan rings is 1. The van der Waals surface area contributed by atoms with Crippen LogP contribution in [0.3, 0.4) is 0 Å². The van der Waals surface area contributed by atoms with Crippen LogP contribution in [0.25, 0.3) is 15.2 Å². The van der Waals surface area contributed by atoms with E-state index in [0.29, 0.717) is 5.75 Å². The van der Waals surface area contributed by atoms with Gasteiger partial charge in [0.15, 0.2) is 5.16 Å². The third kappa shape index (κ3) is 2.71. The molecule has 0 atom stereocenters. The summed E-state index contributed by atoms with van der Waals surface area (Å²) < 4.78 is 13.3. The fourth-order valence-corrected chi connectivity index (χ4v) is 3.97. The minimum Gasteiger partial charge on any atom is -0.459 e. The molecule has 3 heterocycles. The minimum absolute atomic E-state index is 0.212. The van der Waals surface area contributed by atoms with Crippen LogP contribution in [0.4, 0.5) is 0 Å². The Hall–Kier alpha value is -2.32. The summed E-state index contributed by atoms with van der Waals surface area (Å²) in [6, 6.07) is 11.3. The van der Waals surface area contributed by atoms with Crippen molar-refractivity contribution in [3.63, 3.8) is 0 Å². The topological polar surface area (TPSA) is 69.6 Å². The van der Waals surface area contributed by atoms with Crippen molar-refractivity contribution >= 4 is 44.2 Å². The number of aromatic nitrogens is 3. The third-order valence-corrected chi connectivity index (χ3v) is 5.09. The average Bonchev–Trinajstić information content (AvgIpc) is 3.28. The number of thiazole rings is 1. The quantitative estimate of drug-likeness (QED) is 0.313. The van der Waals surface area contributed by atoms with Crippen molar-refractivity contribution in [2.24, 2.45) is 0 Å². The zero-order valence-corrected chi connectivity index (χ0v) is 13.5. The van der Waals surface area contributed by atoms with Gasteiger partial charge < -0.3 is 9.15 Å². The summed E-state index contributed by atoms with van der Waals surface area (Å²) in [5.41, 5.74) is 1.09. The molecule has 0 radical (unpaired) electrons. The Balaban J connectivity index is 1.43. The van der Waals surface area contributed by atoms with Crippen LogP contribution in [0.1, 0.15) is 10.6 Å². The lowest BCUT2D eigenvalue weighted by Crippen LogP contribution is -2.07. The lowest BCUT2D eigenvalue weighted by molar-refractivity contribution is 0.0494. The number of para-hydroxylation sites is 1. The number of esters is 1. The second kappa shape index (κ2) is 6.05. The molecule has 0 saturated carbocycles. The molecular formula is C15H11N3O3S2. The lowest BCUT2D eigenvalue weighted by Gasteiger charge is -2.02. The highest BCUT2D eigenvalue weighted by atomic mass is 32.2.